The van der Waals surface area contributed by atoms with E-state index >= 15 is 0 Å². The number of halogens is 4. The number of aromatic nitrogens is 4. The van der Waals surface area contributed by atoms with Crippen LogP contribution < -0.4 is 11.1 Å². The molecule has 1 aliphatic rings. The van der Waals surface area contributed by atoms with E-state index in [9.17, 15) is 22.4 Å². The van der Waals surface area contributed by atoms with Gasteiger partial charge in [0, 0.05) is 23.3 Å². The lowest BCUT2D eigenvalue weighted by molar-refractivity contribution is -0.122. The van der Waals surface area contributed by atoms with Crippen LogP contribution in [0.2, 0.25) is 0 Å². The zero-order valence-corrected chi connectivity index (χ0v) is 21.1. The molecule has 2 atom stereocenters. The molecule has 0 aliphatic heterocycles. The smallest absolute Gasteiger partial charge is 0.292 e. The third-order valence-electron chi connectivity index (χ3n) is 7.00. The first-order valence-corrected chi connectivity index (χ1v) is 12.6. The number of nitrogens with two attached hydrogens (primary N) is 1. The van der Waals surface area contributed by atoms with E-state index in [0.717, 1.165) is 22.0 Å². The summed E-state index contributed by atoms with van der Waals surface area (Å²) in [5, 5.41) is 13.9. The zero-order chi connectivity index (χ0) is 27.4. The molecular weight excluding hydrogens is 522 g/mol. The van der Waals surface area contributed by atoms with Crippen molar-refractivity contribution in [1.29, 1.82) is 5.41 Å². The van der Waals surface area contributed by atoms with Gasteiger partial charge in [-0.1, -0.05) is 19.9 Å². The van der Waals surface area contributed by atoms with Crippen LogP contribution in [-0.4, -0.2) is 31.9 Å². The molecule has 3 heterocycles. The minimum atomic E-state index is -3.41. The molecule has 0 spiro atoms. The Morgan fingerprint density at radius 1 is 1.32 bits per heavy atom. The average molecular weight is 546 g/mol. The second kappa shape index (κ2) is 9.46. The van der Waals surface area contributed by atoms with E-state index in [1.165, 1.54) is 25.2 Å². The number of hydrogen-bond acceptors (Lipinski definition) is 7. The second-order valence-corrected chi connectivity index (χ2v) is 10.1. The van der Waals surface area contributed by atoms with Crippen molar-refractivity contribution in [3.8, 4) is 11.1 Å². The van der Waals surface area contributed by atoms with Gasteiger partial charge in [0.15, 0.2) is 0 Å². The summed E-state index contributed by atoms with van der Waals surface area (Å²) >= 11 is 1.48. The number of amides is 1. The van der Waals surface area contributed by atoms with Crippen molar-refractivity contribution in [2.24, 2.45) is 5.92 Å². The fourth-order valence-corrected chi connectivity index (χ4v) is 5.49. The highest BCUT2D eigenvalue weighted by Gasteiger charge is 2.55. The summed E-state index contributed by atoms with van der Waals surface area (Å²) in [4.78, 5) is 21.6. The number of nitrogen functional groups attached to an aromatic ring is 1. The number of nitrogens with one attached hydrogen (secondary N) is 2. The second-order valence-electron chi connectivity index (χ2n) is 9.22. The molecule has 0 bridgehead atoms. The Balaban J connectivity index is 1.43. The van der Waals surface area contributed by atoms with Crippen molar-refractivity contribution in [2.45, 2.75) is 45.2 Å². The Labute approximate surface area is 218 Å². The molecule has 1 amide bonds. The van der Waals surface area contributed by atoms with Gasteiger partial charge in [-0.15, -0.1) is 11.3 Å². The highest BCUT2D eigenvalue weighted by atomic mass is 32.1. The highest BCUT2D eigenvalue weighted by Crippen LogP contribution is 2.54. The number of anilines is 1. The molecule has 8 nitrogen and oxygen atoms in total. The van der Waals surface area contributed by atoms with E-state index < -0.39 is 48.0 Å². The van der Waals surface area contributed by atoms with Crippen LogP contribution >= 0.6 is 11.3 Å². The first kappa shape index (κ1) is 25.8. The monoisotopic (exact) mass is 545 g/mol. The molecule has 0 saturated carbocycles. The fourth-order valence-electron chi connectivity index (χ4n) is 4.83. The lowest BCUT2D eigenvalue weighted by Crippen LogP contribution is -2.31. The molecule has 38 heavy (non-hydrogen) atoms. The van der Waals surface area contributed by atoms with Crippen LogP contribution in [0.3, 0.4) is 0 Å². The number of pyridine rings is 1. The van der Waals surface area contributed by atoms with E-state index in [-0.39, 0.29) is 23.5 Å². The molecule has 1 aliphatic carbocycles. The maximum Gasteiger partial charge on any atom is 0.292 e. The summed E-state index contributed by atoms with van der Waals surface area (Å²) in [7, 11) is 0. The lowest BCUT2D eigenvalue weighted by atomic mass is 9.94. The topological polar surface area (TPSA) is 123 Å². The van der Waals surface area contributed by atoms with Gasteiger partial charge in [-0.05, 0) is 29.7 Å². The van der Waals surface area contributed by atoms with E-state index in [1.807, 2.05) is 18.2 Å². The Bertz CT molecular complexity index is 1560. The molecule has 0 radical (unpaired) electrons. The van der Waals surface area contributed by atoms with Crippen LogP contribution in [0.4, 0.5) is 23.2 Å². The normalized spacial score (nSPS) is 18.2. The third kappa shape index (κ3) is 4.20. The quantitative estimate of drug-likeness (QED) is 0.217. The van der Waals surface area contributed by atoms with Gasteiger partial charge >= 0.3 is 0 Å². The molecular formula is C25H23F4N7OS. The molecule has 0 fully saturated rings. The number of nitrogens with zero attached hydrogens (tertiary/aromatic N) is 4. The average Bonchev–Trinajstić information content (AvgIpc) is 3.55. The van der Waals surface area contributed by atoms with E-state index in [1.54, 1.807) is 11.6 Å². The van der Waals surface area contributed by atoms with Gasteiger partial charge < -0.3 is 16.5 Å². The molecule has 4 aromatic rings. The van der Waals surface area contributed by atoms with Gasteiger partial charge in [-0.2, -0.15) is 13.9 Å². The molecule has 4 N–H and O–H groups in total. The van der Waals surface area contributed by atoms with E-state index in [4.69, 9.17) is 11.1 Å². The number of carbonyl (C=O) groups is 1. The predicted molar refractivity (Wildman–Crippen MR) is 136 cm³/mol. The zero-order valence-electron chi connectivity index (χ0n) is 20.3. The summed E-state index contributed by atoms with van der Waals surface area (Å²) in [6.07, 6.45) is -2.06. The van der Waals surface area contributed by atoms with Crippen LogP contribution in [0, 0.1) is 11.3 Å². The minimum absolute atomic E-state index is 0.126. The predicted octanol–water partition coefficient (Wildman–Crippen LogP) is 5.23. The standard InChI is InChI=1S/C25H23F4N7OS/c1-11-12(2)25(28,29)23-21(11)22(24(26)27)35-36(23)9-20(37)32-8-18-14(6-15(31)17(7-30)34-18)13-3-4-19-16(5-13)33-10-38-19/h3-7,10-12,24,30H,8-9,31H2,1-2H3,(H,32,37)/t11-,12?/m0/s1. The van der Waals surface area contributed by atoms with Crippen molar-refractivity contribution in [1.82, 2.24) is 25.1 Å². The van der Waals surface area contributed by atoms with Gasteiger partial charge in [0.25, 0.3) is 12.3 Å². The first-order chi connectivity index (χ1) is 18.0. The van der Waals surface area contributed by atoms with Crippen LogP contribution in [0.15, 0.2) is 29.8 Å². The number of fused-ring (bicyclic) bond motifs is 2. The number of benzene rings is 1. The SMILES string of the molecule is CC1[C@H](C)c2c(C(F)F)nn(CC(=O)NCc3nc(C=N)c(N)cc3-c3ccc4scnc4c3)c2C1(F)F. The molecule has 1 unspecified atom stereocenters. The summed E-state index contributed by atoms with van der Waals surface area (Å²) < 4.78 is 58.9. The third-order valence-corrected chi connectivity index (χ3v) is 7.81. The maximum absolute atomic E-state index is 15.0. The number of thiazole rings is 1. The molecule has 198 valence electrons. The number of hydrogen-bond donors (Lipinski definition) is 3. The van der Waals surface area contributed by atoms with Gasteiger partial charge in [0.2, 0.25) is 5.91 Å². The number of carbonyl (C=O) groups excluding carboxylic acids is 1. The van der Waals surface area contributed by atoms with Crippen molar-refractivity contribution < 1.29 is 22.4 Å². The van der Waals surface area contributed by atoms with Crippen LogP contribution in [0.5, 0.6) is 0 Å². The van der Waals surface area contributed by atoms with Gasteiger partial charge in [-0.3, -0.25) is 9.48 Å². The summed E-state index contributed by atoms with van der Waals surface area (Å²) in [5.41, 5.74) is 9.16. The van der Waals surface area contributed by atoms with Crippen molar-refractivity contribution in [3.63, 3.8) is 0 Å². The molecule has 5 rings (SSSR count). The lowest BCUT2D eigenvalue weighted by Gasteiger charge is -2.20. The van der Waals surface area contributed by atoms with Crippen molar-refractivity contribution in [2.75, 3.05) is 5.73 Å². The van der Waals surface area contributed by atoms with Gasteiger partial charge in [-0.25, -0.2) is 18.7 Å². The number of alkyl halides is 4. The summed E-state index contributed by atoms with van der Waals surface area (Å²) in [6, 6.07) is 7.24. The van der Waals surface area contributed by atoms with Crippen LogP contribution in [0.25, 0.3) is 21.3 Å². The molecule has 0 saturated heterocycles. The van der Waals surface area contributed by atoms with Gasteiger partial charge in [0.05, 0.1) is 33.7 Å². The Kier molecular flexibility index (Phi) is 6.41. The number of rotatable bonds is 7. The maximum atomic E-state index is 15.0. The highest BCUT2D eigenvalue weighted by molar-refractivity contribution is 7.16. The van der Waals surface area contributed by atoms with Gasteiger partial charge in [0.1, 0.15) is 23.6 Å². The largest absolute Gasteiger partial charge is 0.397 e. The van der Waals surface area contributed by atoms with E-state index in [2.05, 4.69) is 20.4 Å². The van der Waals surface area contributed by atoms with Crippen molar-refractivity contribution >= 4 is 39.4 Å². The minimum Gasteiger partial charge on any atom is -0.397 e. The summed E-state index contributed by atoms with van der Waals surface area (Å²) in [5.74, 6) is -6.17. The fraction of sp³-hybridized carbons (Fsp3) is 0.320. The first-order valence-electron chi connectivity index (χ1n) is 11.7. The Hall–Kier alpha value is -3.87. The Morgan fingerprint density at radius 3 is 2.79 bits per heavy atom. The van der Waals surface area contributed by atoms with E-state index in [0.29, 0.717) is 15.9 Å². The molecule has 3 aromatic heterocycles. The molecule has 13 heteroatoms. The molecule has 1 aromatic carbocycles. The van der Waals surface area contributed by atoms with Crippen LogP contribution in [-0.2, 0) is 23.8 Å². The summed E-state index contributed by atoms with van der Waals surface area (Å²) in [6.45, 7) is 1.96. The van der Waals surface area contributed by atoms with Crippen molar-refractivity contribution in [3.05, 3.63) is 58.1 Å². The Morgan fingerprint density at radius 2 is 2.08 bits per heavy atom. The van der Waals surface area contributed by atoms with Crippen LogP contribution in [0.1, 0.15) is 54.5 Å².